The van der Waals surface area contributed by atoms with Crippen molar-refractivity contribution in [3.63, 3.8) is 0 Å². The molecule has 0 saturated heterocycles. The van der Waals surface area contributed by atoms with Crippen molar-refractivity contribution >= 4 is 55.3 Å². The first-order chi connectivity index (χ1) is 4.04. The van der Waals surface area contributed by atoms with Crippen molar-refractivity contribution in [1.29, 1.82) is 0 Å². The molecule has 0 rings (SSSR count). The van der Waals surface area contributed by atoms with Crippen molar-refractivity contribution in [2.24, 2.45) is 0 Å². The number of carboxylic acids is 1. The number of Topliss-reactive ketones (excluding diaryl/α,β-unsaturated/α-hetero) is 2. The third-order valence-corrected chi connectivity index (χ3v) is 0.648. The Morgan fingerprint density at radius 1 is 1.30 bits per heavy atom. The number of hydrogen-bond acceptors (Lipinski definition) is 3. The maximum absolute atomic E-state index is 10.1. The molecule has 0 heterocycles. The van der Waals surface area contributed by atoms with E-state index in [1.165, 1.54) is 6.92 Å². The normalized spacial score (nSPS) is 7.70. The zero-order chi connectivity index (χ0) is 7.44. The Balaban J connectivity index is 0. The van der Waals surface area contributed by atoms with Crippen LogP contribution in [-0.4, -0.2) is 60.4 Å². The molecular weight excluding hydrogens is 164 g/mol. The van der Waals surface area contributed by atoms with Crippen LogP contribution < -0.4 is 0 Å². The van der Waals surface area contributed by atoms with E-state index in [9.17, 15) is 14.4 Å². The van der Waals surface area contributed by atoms with Crippen LogP contribution in [0.5, 0.6) is 0 Å². The molecule has 0 spiro atoms. The molecule has 0 amide bonds. The minimum atomic E-state index is -1.55. The Hall–Kier alpha value is 0.0697. The van der Waals surface area contributed by atoms with Crippen molar-refractivity contribution in [3.8, 4) is 0 Å². The molecule has 0 fully saturated rings. The molecule has 5 heteroatoms. The zero-order valence-corrected chi connectivity index (χ0v) is 4.88. The van der Waals surface area contributed by atoms with E-state index < -0.39 is 24.0 Å². The van der Waals surface area contributed by atoms with E-state index >= 15 is 0 Å². The van der Waals surface area contributed by atoms with Gasteiger partial charge in [-0.25, -0.2) is 4.79 Å². The van der Waals surface area contributed by atoms with E-state index in [1.54, 1.807) is 0 Å². The van der Waals surface area contributed by atoms with E-state index in [4.69, 9.17) is 5.11 Å². The van der Waals surface area contributed by atoms with Gasteiger partial charge in [0.05, 0.1) is 6.42 Å². The van der Waals surface area contributed by atoms with Gasteiger partial charge in [-0.1, -0.05) is 0 Å². The van der Waals surface area contributed by atoms with E-state index in [-0.39, 0.29) is 37.7 Å². The monoisotopic (exact) mass is 172 g/mol. The van der Waals surface area contributed by atoms with Crippen LogP contribution in [0.4, 0.5) is 0 Å². The number of aliphatic carboxylic acids is 1. The second-order valence-corrected chi connectivity index (χ2v) is 1.61. The second kappa shape index (κ2) is 5.82. The molecule has 0 bridgehead atoms. The quantitative estimate of drug-likeness (QED) is 0.326. The molecule has 0 aromatic carbocycles. The summed E-state index contributed by atoms with van der Waals surface area (Å²) in [7, 11) is 0. The Kier molecular flexibility index (Phi) is 7.41. The first kappa shape index (κ1) is 12.7. The first-order valence-corrected chi connectivity index (χ1v) is 2.29. The van der Waals surface area contributed by atoms with E-state index in [2.05, 4.69) is 0 Å². The molecule has 0 aromatic rings. The van der Waals surface area contributed by atoms with E-state index in [0.29, 0.717) is 0 Å². The minimum absolute atomic E-state index is 0. The Morgan fingerprint density at radius 3 is 1.80 bits per heavy atom. The van der Waals surface area contributed by atoms with Gasteiger partial charge in [-0.15, -0.1) is 0 Å². The van der Waals surface area contributed by atoms with Crippen LogP contribution in [0.15, 0.2) is 0 Å². The fraction of sp³-hybridized carbons (Fsp3) is 0.400. The number of ketones is 2. The molecule has 0 aliphatic carbocycles. The van der Waals surface area contributed by atoms with Crippen molar-refractivity contribution in [3.05, 3.63) is 0 Å². The number of hydrogen-bond donors (Lipinski definition) is 1. The predicted octanol–water partition coefficient (Wildman–Crippen LogP) is -1.30. The Morgan fingerprint density at radius 2 is 1.70 bits per heavy atom. The molecule has 54 valence electrons. The fourth-order valence-electron chi connectivity index (χ4n) is 0.302. The van der Waals surface area contributed by atoms with Gasteiger partial charge < -0.3 is 5.11 Å². The van der Waals surface area contributed by atoms with Crippen LogP contribution in [0.25, 0.3) is 0 Å². The molecule has 0 unspecified atom stereocenters. The van der Waals surface area contributed by atoms with Crippen molar-refractivity contribution in [2.75, 3.05) is 0 Å². The maximum atomic E-state index is 10.1. The van der Waals surface area contributed by atoms with Gasteiger partial charge in [0, 0.05) is 0 Å². The molecule has 0 atom stereocenters. The molecule has 0 aromatic heterocycles. The van der Waals surface area contributed by atoms with Crippen LogP contribution in [0.1, 0.15) is 13.3 Å². The molecular formula is C5H8CaO4. The van der Waals surface area contributed by atoms with Crippen LogP contribution in [0.3, 0.4) is 0 Å². The van der Waals surface area contributed by atoms with Crippen LogP contribution in [0, 0.1) is 0 Å². The summed E-state index contributed by atoms with van der Waals surface area (Å²) >= 11 is 0. The van der Waals surface area contributed by atoms with E-state index in [0.717, 1.165) is 0 Å². The van der Waals surface area contributed by atoms with Gasteiger partial charge in [0.1, 0.15) is 5.78 Å². The van der Waals surface area contributed by atoms with Gasteiger partial charge in [0.2, 0.25) is 5.78 Å². The third kappa shape index (κ3) is 6.19. The van der Waals surface area contributed by atoms with Gasteiger partial charge in [0.15, 0.2) is 0 Å². The van der Waals surface area contributed by atoms with Gasteiger partial charge in [-0.05, 0) is 6.92 Å². The summed E-state index contributed by atoms with van der Waals surface area (Å²) in [5, 5.41) is 7.93. The van der Waals surface area contributed by atoms with Gasteiger partial charge >= 0.3 is 43.7 Å². The Bertz CT molecular complexity index is 163. The van der Waals surface area contributed by atoms with Crippen molar-refractivity contribution in [2.45, 2.75) is 13.3 Å². The average Bonchev–Trinajstić information content (AvgIpc) is 1.63. The fourth-order valence-corrected chi connectivity index (χ4v) is 0.302. The van der Waals surface area contributed by atoms with E-state index in [1.807, 2.05) is 0 Å². The summed E-state index contributed by atoms with van der Waals surface area (Å²) in [4.78, 5) is 29.9. The van der Waals surface area contributed by atoms with Gasteiger partial charge in [-0.2, -0.15) is 0 Å². The first-order valence-electron chi connectivity index (χ1n) is 2.29. The summed E-state index contributed by atoms with van der Waals surface area (Å²) in [5.41, 5.74) is 0. The summed E-state index contributed by atoms with van der Waals surface area (Å²) in [5.74, 6) is -3.03. The predicted molar refractivity (Wildman–Crippen MR) is 36.5 cm³/mol. The molecule has 0 radical (unpaired) electrons. The SMILES string of the molecule is CC(=O)CC(=O)C(=O)O.[CaH2]. The van der Waals surface area contributed by atoms with Crippen molar-refractivity contribution < 1.29 is 19.5 Å². The number of carbonyl (C=O) groups excluding carboxylic acids is 2. The average molecular weight is 172 g/mol. The molecule has 1 N–H and O–H groups in total. The van der Waals surface area contributed by atoms with Gasteiger partial charge in [0.25, 0.3) is 0 Å². The van der Waals surface area contributed by atoms with Gasteiger partial charge in [-0.3, -0.25) is 9.59 Å². The summed E-state index contributed by atoms with van der Waals surface area (Å²) in [6.07, 6.45) is -0.505. The molecule has 0 saturated carbocycles. The number of carbonyl (C=O) groups is 3. The summed E-state index contributed by atoms with van der Waals surface area (Å²) < 4.78 is 0. The van der Waals surface area contributed by atoms with Crippen LogP contribution in [0.2, 0.25) is 0 Å². The van der Waals surface area contributed by atoms with Crippen LogP contribution >= 0.6 is 0 Å². The molecule has 4 nitrogen and oxygen atoms in total. The number of rotatable bonds is 3. The number of carboxylic acid groups (broad SMARTS) is 1. The zero-order valence-electron chi connectivity index (χ0n) is 4.88. The third-order valence-electron chi connectivity index (χ3n) is 0.648. The molecule has 0 aliphatic rings. The summed E-state index contributed by atoms with van der Waals surface area (Å²) in [6, 6.07) is 0. The topological polar surface area (TPSA) is 71.4 Å². The molecule has 0 aliphatic heterocycles. The summed E-state index contributed by atoms with van der Waals surface area (Å²) in [6.45, 7) is 1.17. The Labute approximate surface area is 87.6 Å². The molecule has 10 heavy (non-hydrogen) atoms. The van der Waals surface area contributed by atoms with Crippen LogP contribution in [-0.2, 0) is 14.4 Å². The second-order valence-electron chi connectivity index (χ2n) is 1.61. The standard InChI is InChI=1S/C5H6O4.Ca.2H/c1-3(6)2-4(7)5(8)9;;;/h2H2,1H3,(H,8,9);;;. The van der Waals surface area contributed by atoms with Crippen molar-refractivity contribution in [1.82, 2.24) is 0 Å².